The van der Waals surface area contributed by atoms with Gasteiger partial charge >= 0.3 is 0 Å². The van der Waals surface area contributed by atoms with Crippen molar-refractivity contribution in [3.63, 3.8) is 0 Å². The number of carbonyl (C=O) groups excluding carboxylic acids is 1. The Hall–Kier alpha value is -2.41. The molecular weight excluding hydrogens is 290 g/mol. The lowest BCUT2D eigenvalue weighted by Crippen LogP contribution is -2.13. The average molecular weight is 305 g/mol. The van der Waals surface area contributed by atoms with Crippen molar-refractivity contribution in [1.82, 2.24) is 4.98 Å². The van der Waals surface area contributed by atoms with Crippen LogP contribution in [0.25, 0.3) is 0 Å². The molecule has 2 aromatic rings. The fourth-order valence-electron chi connectivity index (χ4n) is 1.66. The van der Waals surface area contributed by atoms with Gasteiger partial charge in [0, 0.05) is 17.5 Å². The predicted molar refractivity (Wildman–Crippen MR) is 80.9 cm³/mol. The van der Waals surface area contributed by atoms with Gasteiger partial charge in [0.2, 0.25) is 0 Å². The van der Waals surface area contributed by atoms with Crippen molar-refractivity contribution < 1.29 is 13.2 Å². The zero-order valence-electron chi connectivity index (χ0n) is 11.6. The lowest BCUT2D eigenvalue weighted by atomic mass is 10.1. The van der Waals surface area contributed by atoms with Gasteiger partial charge in [-0.2, -0.15) is 0 Å². The van der Waals surface area contributed by atoms with Crippen molar-refractivity contribution in [1.29, 1.82) is 0 Å². The zero-order chi connectivity index (χ0) is 15.6. The molecule has 1 amide bonds. The molecular formula is C14H15N3O3S. The first kappa shape index (κ1) is 15.0. The third kappa shape index (κ3) is 3.57. The van der Waals surface area contributed by atoms with Crippen molar-refractivity contribution >= 4 is 27.1 Å². The van der Waals surface area contributed by atoms with E-state index in [0.29, 0.717) is 16.9 Å². The largest absolute Gasteiger partial charge is 0.398 e. The zero-order valence-corrected chi connectivity index (χ0v) is 12.4. The minimum Gasteiger partial charge on any atom is -0.398 e. The standard InChI is InChI=1S/C14H15N3O3S/c1-9-3-4-10(7-12(9)15)14(18)17-11-5-6-13(16-8-11)21(2,19)20/h3-8H,15H2,1-2H3,(H,17,18). The van der Waals surface area contributed by atoms with E-state index >= 15 is 0 Å². The number of amides is 1. The van der Waals surface area contributed by atoms with Gasteiger partial charge in [-0.15, -0.1) is 0 Å². The van der Waals surface area contributed by atoms with Crippen molar-refractivity contribution in [3.8, 4) is 0 Å². The van der Waals surface area contributed by atoms with Gasteiger partial charge in [0.1, 0.15) is 0 Å². The second kappa shape index (κ2) is 5.53. The number of aromatic nitrogens is 1. The molecule has 0 fully saturated rings. The highest BCUT2D eigenvalue weighted by atomic mass is 32.2. The maximum Gasteiger partial charge on any atom is 0.255 e. The van der Waals surface area contributed by atoms with Crippen LogP contribution in [0.15, 0.2) is 41.6 Å². The minimum absolute atomic E-state index is 0.0416. The molecule has 1 aromatic carbocycles. The number of hydrogen-bond donors (Lipinski definition) is 2. The van der Waals surface area contributed by atoms with E-state index in [4.69, 9.17) is 5.73 Å². The van der Waals surface area contributed by atoms with Crippen LogP contribution in [-0.2, 0) is 9.84 Å². The Morgan fingerprint density at radius 3 is 2.48 bits per heavy atom. The Labute approximate surface area is 122 Å². The van der Waals surface area contributed by atoms with Crippen LogP contribution in [0.3, 0.4) is 0 Å². The van der Waals surface area contributed by atoms with E-state index in [0.717, 1.165) is 11.8 Å². The predicted octanol–water partition coefficient (Wildman–Crippen LogP) is 1.63. The summed E-state index contributed by atoms with van der Waals surface area (Å²) in [6.45, 7) is 1.85. The van der Waals surface area contributed by atoms with Gasteiger partial charge in [0.15, 0.2) is 14.9 Å². The molecule has 0 aliphatic rings. The number of aryl methyl sites for hydroxylation is 1. The molecule has 21 heavy (non-hydrogen) atoms. The van der Waals surface area contributed by atoms with E-state index in [9.17, 15) is 13.2 Å². The number of benzene rings is 1. The number of rotatable bonds is 3. The van der Waals surface area contributed by atoms with Gasteiger partial charge in [-0.05, 0) is 36.8 Å². The molecule has 1 heterocycles. The van der Waals surface area contributed by atoms with Crippen LogP contribution in [0.2, 0.25) is 0 Å². The molecule has 0 atom stereocenters. The Kier molecular flexibility index (Phi) is 3.95. The number of nitrogens with one attached hydrogen (secondary N) is 1. The summed E-state index contributed by atoms with van der Waals surface area (Å²) in [6.07, 6.45) is 2.37. The van der Waals surface area contributed by atoms with Gasteiger partial charge in [-0.3, -0.25) is 4.79 Å². The normalized spacial score (nSPS) is 11.1. The van der Waals surface area contributed by atoms with Crippen LogP contribution in [0.5, 0.6) is 0 Å². The molecule has 6 nitrogen and oxygen atoms in total. The molecule has 7 heteroatoms. The van der Waals surface area contributed by atoms with Crippen LogP contribution in [-0.4, -0.2) is 25.6 Å². The minimum atomic E-state index is -3.35. The quantitative estimate of drug-likeness (QED) is 0.839. The van der Waals surface area contributed by atoms with Gasteiger partial charge in [-0.25, -0.2) is 13.4 Å². The second-order valence-corrected chi connectivity index (χ2v) is 6.65. The van der Waals surface area contributed by atoms with Gasteiger partial charge in [-0.1, -0.05) is 6.07 Å². The molecule has 0 saturated heterocycles. The maximum atomic E-state index is 12.0. The highest BCUT2D eigenvalue weighted by Gasteiger charge is 2.10. The number of hydrogen-bond acceptors (Lipinski definition) is 5. The topological polar surface area (TPSA) is 102 Å². The molecule has 110 valence electrons. The second-order valence-electron chi connectivity index (χ2n) is 4.68. The Bertz CT molecular complexity index is 784. The molecule has 0 saturated carbocycles. The van der Waals surface area contributed by atoms with E-state index < -0.39 is 9.84 Å². The molecule has 0 spiro atoms. The molecule has 0 radical (unpaired) electrons. The number of pyridine rings is 1. The summed E-state index contributed by atoms with van der Waals surface area (Å²) < 4.78 is 22.6. The van der Waals surface area contributed by atoms with Crippen LogP contribution in [0, 0.1) is 6.92 Å². The van der Waals surface area contributed by atoms with Crippen molar-refractivity contribution in [2.24, 2.45) is 0 Å². The molecule has 0 aliphatic heterocycles. The van der Waals surface area contributed by atoms with Gasteiger partial charge < -0.3 is 11.1 Å². The Balaban J connectivity index is 2.18. The van der Waals surface area contributed by atoms with E-state index in [1.165, 1.54) is 18.3 Å². The van der Waals surface area contributed by atoms with E-state index in [1.807, 2.05) is 6.92 Å². The monoisotopic (exact) mass is 305 g/mol. The fourth-order valence-corrected chi connectivity index (χ4v) is 2.22. The van der Waals surface area contributed by atoms with E-state index in [-0.39, 0.29) is 10.9 Å². The number of anilines is 2. The fraction of sp³-hybridized carbons (Fsp3) is 0.143. The Morgan fingerprint density at radius 1 is 1.24 bits per heavy atom. The van der Waals surface area contributed by atoms with Crippen LogP contribution in [0.4, 0.5) is 11.4 Å². The highest BCUT2D eigenvalue weighted by Crippen LogP contribution is 2.15. The molecule has 3 N–H and O–H groups in total. The molecule has 0 bridgehead atoms. The maximum absolute atomic E-state index is 12.0. The number of carbonyl (C=O) groups is 1. The smallest absolute Gasteiger partial charge is 0.255 e. The molecule has 1 aromatic heterocycles. The Morgan fingerprint density at radius 2 is 1.95 bits per heavy atom. The van der Waals surface area contributed by atoms with Crippen LogP contribution >= 0.6 is 0 Å². The molecule has 2 rings (SSSR count). The van der Waals surface area contributed by atoms with Gasteiger partial charge in [0.25, 0.3) is 5.91 Å². The van der Waals surface area contributed by atoms with Crippen LogP contribution in [0.1, 0.15) is 15.9 Å². The van der Waals surface area contributed by atoms with E-state index in [2.05, 4.69) is 10.3 Å². The first-order chi connectivity index (χ1) is 9.77. The summed E-state index contributed by atoms with van der Waals surface area (Å²) in [7, 11) is -3.35. The SMILES string of the molecule is Cc1ccc(C(=O)Nc2ccc(S(C)(=O)=O)nc2)cc1N. The molecule has 0 aliphatic carbocycles. The number of nitrogens with two attached hydrogens (primary N) is 1. The number of nitrogen functional groups attached to an aromatic ring is 1. The van der Waals surface area contributed by atoms with Crippen molar-refractivity contribution in [2.75, 3.05) is 17.3 Å². The summed E-state index contributed by atoms with van der Waals surface area (Å²) >= 11 is 0. The summed E-state index contributed by atoms with van der Waals surface area (Å²) in [4.78, 5) is 15.8. The lowest BCUT2D eigenvalue weighted by Gasteiger charge is -2.07. The van der Waals surface area contributed by atoms with Crippen LogP contribution < -0.4 is 11.1 Å². The lowest BCUT2D eigenvalue weighted by molar-refractivity contribution is 0.102. The third-order valence-corrected chi connectivity index (χ3v) is 3.92. The summed E-state index contributed by atoms with van der Waals surface area (Å²) in [5.41, 5.74) is 8.02. The van der Waals surface area contributed by atoms with Gasteiger partial charge in [0.05, 0.1) is 11.9 Å². The first-order valence-electron chi connectivity index (χ1n) is 6.11. The molecule has 0 unspecified atom stereocenters. The van der Waals surface area contributed by atoms with Crippen molar-refractivity contribution in [3.05, 3.63) is 47.7 Å². The third-order valence-electron chi connectivity index (χ3n) is 2.92. The summed E-state index contributed by atoms with van der Waals surface area (Å²) in [6, 6.07) is 7.84. The average Bonchev–Trinajstić information content (AvgIpc) is 2.41. The van der Waals surface area contributed by atoms with Crippen molar-refractivity contribution in [2.45, 2.75) is 11.9 Å². The summed E-state index contributed by atoms with van der Waals surface area (Å²) in [5, 5.41) is 2.59. The first-order valence-corrected chi connectivity index (χ1v) is 8.00. The number of nitrogens with zero attached hydrogens (tertiary/aromatic N) is 1. The number of sulfone groups is 1. The van der Waals surface area contributed by atoms with E-state index in [1.54, 1.807) is 18.2 Å². The summed E-state index contributed by atoms with van der Waals surface area (Å²) in [5.74, 6) is -0.337. The highest BCUT2D eigenvalue weighted by molar-refractivity contribution is 7.90.